The second-order valence-electron chi connectivity index (χ2n) is 12.8. The molecule has 0 heterocycles. The van der Waals surface area contributed by atoms with E-state index in [9.17, 15) is 19.2 Å². The van der Waals surface area contributed by atoms with Gasteiger partial charge in [0.2, 0.25) is 0 Å². The molecule has 0 aromatic carbocycles. The molecule has 16 nitrogen and oxygen atoms in total. The Labute approximate surface area is 317 Å². The summed E-state index contributed by atoms with van der Waals surface area (Å²) >= 11 is 0. The van der Waals surface area contributed by atoms with Gasteiger partial charge in [-0.1, -0.05) is 0 Å². The fraction of sp³-hybridized carbons (Fsp3) is 0.892. The van der Waals surface area contributed by atoms with Gasteiger partial charge in [0, 0.05) is 58.9 Å². The van der Waals surface area contributed by atoms with Gasteiger partial charge in [0.15, 0.2) is 5.78 Å². The molecule has 7 N–H and O–H groups in total. The summed E-state index contributed by atoms with van der Waals surface area (Å²) in [5.74, 6) is -0.848. The zero-order chi connectivity index (χ0) is 39.0. The summed E-state index contributed by atoms with van der Waals surface area (Å²) in [5.41, 5.74) is 0. The molecule has 0 aliphatic rings. The number of Topliss-reactive ketones (excluding diaryl/α,β-unsaturated/α-hetero) is 1. The van der Waals surface area contributed by atoms with E-state index >= 15 is 0 Å². The molecule has 0 aliphatic heterocycles. The Bertz CT molecular complexity index is 888. The summed E-state index contributed by atoms with van der Waals surface area (Å²) in [6.07, 6.45) is 7.25. The third-order valence-corrected chi connectivity index (χ3v) is 8.13. The quantitative estimate of drug-likeness (QED) is 0.0253. The maximum atomic E-state index is 12.8. The summed E-state index contributed by atoms with van der Waals surface area (Å²) < 4.78 is 21.6. The molecule has 53 heavy (non-hydrogen) atoms. The Morgan fingerprint density at radius 2 is 0.925 bits per heavy atom. The van der Waals surface area contributed by atoms with E-state index in [4.69, 9.17) is 34.3 Å². The fourth-order valence-corrected chi connectivity index (χ4v) is 4.93. The molecule has 0 rings (SSSR count). The van der Waals surface area contributed by atoms with E-state index in [0.29, 0.717) is 110 Å². The zero-order valence-electron chi connectivity index (χ0n) is 32.6. The van der Waals surface area contributed by atoms with Gasteiger partial charge in [0.1, 0.15) is 6.10 Å². The molecule has 1 atom stereocenters. The van der Waals surface area contributed by atoms with Crippen LogP contribution >= 0.6 is 0 Å². The van der Waals surface area contributed by atoms with Gasteiger partial charge in [-0.3, -0.25) is 19.2 Å². The smallest absolute Gasteiger partial charge is 0.307 e. The fourth-order valence-electron chi connectivity index (χ4n) is 4.93. The third-order valence-electron chi connectivity index (χ3n) is 8.13. The Morgan fingerprint density at radius 1 is 0.472 bits per heavy atom. The monoisotopic (exact) mass is 764 g/mol. The second-order valence-corrected chi connectivity index (χ2v) is 12.8. The van der Waals surface area contributed by atoms with Crippen molar-refractivity contribution >= 4 is 23.7 Å². The van der Waals surface area contributed by atoms with Crippen molar-refractivity contribution in [3.8, 4) is 0 Å². The number of nitrogens with zero attached hydrogens (tertiary/aromatic N) is 1. The Hall–Kier alpha value is -2.28. The lowest BCUT2D eigenvalue weighted by molar-refractivity contribution is -0.146. The number of ketones is 1. The number of aliphatic hydroxyl groups excluding tert-OH is 3. The molecular weight excluding hydrogens is 690 g/mol. The van der Waals surface area contributed by atoms with Gasteiger partial charge in [-0.15, -0.1) is 0 Å². The average Bonchev–Trinajstić information content (AvgIpc) is 3.15. The van der Waals surface area contributed by atoms with Crippen LogP contribution in [0.2, 0.25) is 0 Å². The minimum absolute atomic E-state index is 0.0177. The van der Waals surface area contributed by atoms with Gasteiger partial charge >= 0.3 is 17.9 Å². The summed E-state index contributed by atoms with van der Waals surface area (Å²) in [6.45, 7) is 10.5. The van der Waals surface area contributed by atoms with Crippen molar-refractivity contribution in [2.45, 2.75) is 96.5 Å². The van der Waals surface area contributed by atoms with Crippen molar-refractivity contribution in [1.82, 2.24) is 26.2 Å². The molecule has 0 fully saturated rings. The highest BCUT2D eigenvalue weighted by Crippen LogP contribution is 2.06. The molecule has 0 radical (unpaired) electrons. The third kappa shape index (κ3) is 36.5. The maximum absolute atomic E-state index is 12.8. The molecule has 0 spiro atoms. The molecule has 1 unspecified atom stereocenters. The number of ether oxygens (including phenoxy) is 4. The number of unbranched alkanes of at least 4 members (excludes halogenated alkanes) is 4. The first-order valence-electron chi connectivity index (χ1n) is 19.8. The zero-order valence-corrected chi connectivity index (χ0v) is 32.6. The van der Waals surface area contributed by atoms with Crippen LogP contribution in [0, 0.1) is 0 Å². The van der Waals surface area contributed by atoms with E-state index in [0.717, 1.165) is 51.9 Å². The van der Waals surface area contributed by atoms with E-state index in [1.807, 2.05) is 0 Å². The lowest BCUT2D eigenvalue weighted by atomic mass is 10.1. The largest absolute Gasteiger partial charge is 0.466 e. The maximum Gasteiger partial charge on any atom is 0.307 e. The predicted octanol–water partition coefficient (Wildman–Crippen LogP) is 0.299. The van der Waals surface area contributed by atoms with Crippen LogP contribution < -0.4 is 21.3 Å². The first kappa shape index (κ1) is 50.7. The van der Waals surface area contributed by atoms with Gasteiger partial charge in [0.25, 0.3) is 0 Å². The highest BCUT2D eigenvalue weighted by molar-refractivity contribution is 5.82. The summed E-state index contributed by atoms with van der Waals surface area (Å²) in [5, 5.41) is 39.1. The van der Waals surface area contributed by atoms with Crippen LogP contribution in [0.1, 0.15) is 90.4 Å². The second kappa shape index (κ2) is 39.4. The van der Waals surface area contributed by atoms with E-state index in [1.165, 1.54) is 0 Å². The molecule has 16 heteroatoms. The molecule has 0 amide bonds. The summed E-state index contributed by atoms with van der Waals surface area (Å²) in [4.78, 5) is 51.0. The molecule has 0 aliphatic carbocycles. The minimum Gasteiger partial charge on any atom is -0.466 e. The van der Waals surface area contributed by atoms with E-state index in [-0.39, 0.29) is 63.1 Å². The van der Waals surface area contributed by atoms with E-state index in [2.05, 4.69) is 26.2 Å². The number of aliphatic hydroxyl groups is 3. The number of carbonyl (C=O) groups excluding carboxylic acids is 4. The van der Waals surface area contributed by atoms with Crippen LogP contribution in [-0.4, -0.2) is 168 Å². The Kier molecular flexibility index (Phi) is 37.7. The highest BCUT2D eigenvalue weighted by atomic mass is 16.5. The van der Waals surface area contributed by atoms with Gasteiger partial charge in [0.05, 0.1) is 52.3 Å². The number of rotatable bonds is 41. The number of nitrogens with one attached hydrogen (secondary N) is 4. The van der Waals surface area contributed by atoms with Crippen molar-refractivity contribution < 1.29 is 53.4 Å². The lowest BCUT2D eigenvalue weighted by Crippen LogP contribution is -2.32. The molecule has 0 aromatic heterocycles. The van der Waals surface area contributed by atoms with Gasteiger partial charge < -0.3 is 60.4 Å². The van der Waals surface area contributed by atoms with E-state index < -0.39 is 6.10 Å². The van der Waals surface area contributed by atoms with Crippen molar-refractivity contribution in [1.29, 1.82) is 0 Å². The molecular formula is C37H73N5O11. The van der Waals surface area contributed by atoms with Gasteiger partial charge in [-0.05, 0) is 97.4 Å². The van der Waals surface area contributed by atoms with Crippen LogP contribution in [0.4, 0.5) is 0 Å². The topological polar surface area (TPSA) is 217 Å². The Morgan fingerprint density at radius 3 is 1.42 bits per heavy atom. The molecule has 312 valence electrons. The summed E-state index contributed by atoms with van der Waals surface area (Å²) in [6, 6.07) is 0. The first-order chi connectivity index (χ1) is 25.8. The lowest BCUT2D eigenvalue weighted by Gasteiger charge is -2.22. The number of hydrogen-bond donors (Lipinski definition) is 7. The van der Waals surface area contributed by atoms with Crippen LogP contribution in [0.3, 0.4) is 0 Å². The SMILES string of the molecule is CC(OCCCCOC(=O)CCNCCCNCCO)C(=O)CCN(CCCCCO)CCC(=O)OCCCCOC(=O)CCNCCCNCCO. The molecule has 0 aromatic rings. The van der Waals surface area contributed by atoms with Crippen molar-refractivity contribution in [2.75, 3.05) is 118 Å². The number of hydrogen-bond acceptors (Lipinski definition) is 16. The average molecular weight is 764 g/mol. The van der Waals surface area contributed by atoms with Crippen LogP contribution in [0.15, 0.2) is 0 Å². The Balaban J connectivity index is 4.07. The van der Waals surface area contributed by atoms with Gasteiger partial charge in [-0.2, -0.15) is 0 Å². The van der Waals surface area contributed by atoms with Crippen LogP contribution in [0.25, 0.3) is 0 Å². The molecule has 0 saturated heterocycles. The normalized spacial score (nSPS) is 11.9. The number of carbonyl (C=O) groups is 4. The predicted molar refractivity (Wildman–Crippen MR) is 202 cm³/mol. The van der Waals surface area contributed by atoms with Crippen molar-refractivity contribution in [3.05, 3.63) is 0 Å². The van der Waals surface area contributed by atoms with Crippen LogP contribution in [0.5, 0.6) is 0 Å². The molecule has 0 saturated carbocycles. The molecule has 0 bridgehead atoms. The number of esters is 3. The van der Waals surface area contributed by atoms with Crippen molar-refractivity contribution in [3.63, 3.8) is 0 Å². The minimum atomic E-state index is -0.560. The van der Waals surface area contributed by atoms with Crippen LogP contribution in [-0.2, 0) is 38.1 Å². The summed E-state index contributed by atoms with van der Waals surface area (Å²) in [7, 11) is 0. The first-order valence-corrected chi connectivity index (χ1v) is 19.8. The standard InChI is InChI=1S/C37H73N5O11/c1-33(50-29-5-6-30-51-35(47)11-19-38-15-9-17-40-21-27-44)34(46)13-24-42(23-3-2-4-26-43)25-14-37(49)53-32-8-7-31-52-36(48)12-20-39-16-10-18-41-22-28-45/h33,38-41,43-45H,2-32H2,1H3. The van der Waals surface area contributed by atoms with Gasteiger partial charge in [-0.25, -0.2) is 0 Å². The van der Waals surface area contributed by atoms with E-state index in [1.54, 1.807) is 6.92 Å². The highest BCUT2D eigenvalue weighted by Gasteiger charge is 2.16. The van der Waals surface area contributed by atoms with Crippen molar-refractivity contribution in [2.24, 2.45) is 0 Å².